The Labute approximate surface area is 61.8 Å². The fourth-order valence-corrected chi connectivity index (χ4v) is 0.442. The molecule has 0 amide bonds. The molecule has 0 fully saturated rings. The van der Waals surface area contributed by atoms with E-state index in [4.69, 9.17) is 0 Å². The van der Waals surface area contributed by atoms with Gasteiger partial charge in [0.25, 0.3) is 0 Å². The minimum atomic E-state index is 0.0789. The molecule has 1 N–H and O–H groups in total. The summed E-state index contributed by atoms with van der Waals surface area (Å²) in [4.78, 5) is 28.8. The SMILES string of the molecule is O=NNCCCN(N=O)N=O. The Bertz CT molecular complexity index is 131. The highest BCUT2D eigenvalue weighted by atomic mass is 16.4. The van der Waals surface area contributed by atoms with Crippen molar-refractivity contribution in [1.29, 1.82) is 0 Å². The topological polar surface area (TPSA) is 104 Å². The van der Waals surface area contributed by atoms with E-state index in [-0.39, 0.29) is 13.1 Å². The number of nitroso groups, excluding NO2 is 3. The van der Waals surface area contributed by atoms with Crippen LogP contribution in [0.4, 0.5) is 0 Å². The van der Waals surface area contributed by atoms with Gasteiger partial charge in [-0.15, -0.1) is 19.8 Å². The predicted molar refractivity (Wildman–Crippen MR) is 36.7 cm³/mol. The molecule has 0 aromatic carbocycles. The molecule has 0 saturated heterocycles. The molecule has 0 atom stereocenters. The van der Waals surface area contributed by atoms with Gasteiger partial charge in [0, 0.05) is 11.8 Å². The monoisotopic (exact) mass is 161 g/mol. The van der Waals surface area contributed by atoms with E-state index in [9.17, 15) is 14.7 Å². The summed E-state index contributed by atoms with van der Waals surface area (Å²) in [5.41, 5.74) is 2.11. The van der Waals surface area contributed by atoms with Gasteiger partial charge < -0.3 is 0 Å². The van der Waals surface area contributed by atoms with Gasteiger partial charge in [-0.3, -0.25) is 5.43 Å². The second kappa shape index (κ2) is 6.52. The Morgan fingerprint density at radius 1 is 1.18 bits per heavy atom. The van der Waals surface area contributed by atoms with Crippen LogP contribution in [0.2, 0.25) is 0 Å². The Morgan fingerprint density at radius 3 is 2.27 bits per heavy atom. The lowest BCUT2D eigenvalue weighted by molar-refractivity contribution is 0.289. The third-order valence-electron chi connectivity index (χ3n) is 0.900. The van der Waals surface area contributed by atoms with Crippen molar-refractivity contribution in [3.05, 3.63) is 14.7 Å². The molecule has 0 aliphatic rings. The molecule has 0 aliphatic heterocycles. The van der Waals surface area contributed by atoms with Crippen LogP contribution in [0.1, 0.15) is 6.42 Å². The summed E-state index contributed by atoms with van der Waals surface area (Å²) in [6.45, 7) is 0.362. The van der Waals surface area contributed by atoms with Crippen molar-refractivity contribution in [2.75, 3.05) is 13.1 Å². The summed E-state index contributed by atoms with van der Waals surface area (Å²) in [5.74, 6) is 0. The van der Waals surface area contributed by atoms with E-state index in [0.29, 0.717) is 11.5 Å². The van der Waals surface area contributed by atoms with Crippen LogP contribution < -0.4 is 5.43 Å². The Hall–Kier alpha value is -1.60. The van der Waals surface area contributed by atoms with Crippen molar-refractivity contribution in [1.82, 2.24) is 10.5 Å². The van der Waals surface area contributed by atoms with Crippen molar-refractivity contribution in [2.24, 2.45) is 15.9 Å². The van der Waals surface area contributed by atoms with Crippen molar-refractivity contribution in [3.63, 3.8) is 0 Å². The van der Waals surface area contributed by atoms with Crippen molar-refractivity contribution >= 4 is 0 Å². The van der Waals surface area contributed by atoms with E-state index in [1.165, 1.54) is 0 Å². The molecular formula is C3H7N5O3. The summed E-state index contributed by atoms with van der Waals surface area (Å²) in [5, 5.41) is 7.34. The summed E-state index contributed by atoms with van der Waals surface area (Å²) in [7, 11) is 0. The summed E-state index contributed by atoms with van der Waals surface area (Å²) in [6, 6.07) is 0. The minimum absolute atomic E-state index is 0.0789. The molecule has 0 saturated carbocycles. The van der Waals surface area contributed by atoms with Gasteiger partial charge in [-0.25, -0.2) is 0 Å². The molecule has 8 heteroatoms. The van der Waals surface area contributed by atoms with Gasteiger partial charge in [0.15, 0.2) is 0 Å². The number of rotatable bonds is 7. The second-order valence-corrected chi connectivity index (χ2v) is 1.61. The lowest BCUT2D eigenvalue weighted by atomic mass is 10.4. The van der Waals surface area contributed by atoms with E-state index in [1.54, 1.807) is 0 Å². The maximum Gasteiger partial charge on any atom is 0.0777 e. The fourth-order valence-electron chi connectivity index (χ4n) is 0.442. The number of nitrogens with one attached hydrogen (secondary N) is 1. The van der Waals surface area contributed by atoms with Crippen LogP contribution in [-0.2, 0) is 0 Å². The lowest BCUT2D eigenvalue weighted by Gasteiger charge is -2.01. The Kier molecular flexibility index (Phi) is 5.57. The van der Waals surface area contributed by atoms with Crippen LogP contribution in [0.25, 0.3) is 0 Å². The molecule has 0 aromatic heterocycles. The summed E-state index contributed by atoms with van der Waals surface area (Å²) >= 11 is 0. The van der Waals surface area contributed by atoms with E-state index >= 15 is 0 Å². The van der Waals surface area contributed by atoms with Crippen LogP contribution >= 0.6 is 0 Å². The molecule has 0 aliphatic carbocycles. The normalized spacial score (nSPS) is 8.36. The van der Waals surface area contributed by atoms with Gasteiger partial charge in [0.05, 0.1) is 17.1 Å². The second-order valence-electron chi connectivity index (χ2n) is 1.61. The van der Waals surface area contributed by atoms with E-state index in [2.05, 4.69) is 21.3 Å². The molecule has 0 spiro atoms. The molecule has 62 valence electrons. The first-order valence-corrected chi connectivity index (χ1v) is 2.84. The highest BCUT2D eigenvalue weighted by Gasteiger charge is 1.99. The number of hydrogen-bond acceptors (Lipinski definition) is 6. The van der Waals surface area contributed by atoms with Gasteiger partial charge >= 0.3 is 0 Å². The number of nitrogens with zero attached hydrogens (tertiary/aromatic N) is 4. The largest absolute Gasteiger partial charge is 0.274 e. The number of hydrogen-bond donors (Lipinski definition) is 1. The predicted octanol–water partition coefficient (Wildman–Crippen LogP) is 0.312. The van der Waals surface area contributed by atoms with Crippen LogP contribution in [0.15, 0.2) is 15.9 Å². The third-order valence-corrected chi connectivity index (χ3v) is 0.900. The van der Waals surface area contributed by atoms with E-state index in [1.807, 2.05) is 0 Å². The van der Waals surface area contributed by atoms with E-state index in [0.717, 1.165) is 0 Å². The van der Waals surface area contributed by atoms with Gasteiger partial charge in [-0.1, -0.05) is 0 Å². The zero-order valence-corrected chi connectivity index (χ0v) is 5.63. The van der Waals surface area contributed by atoms with Crippen molar-refractivity contribution < 1.29 is 0 Å². The van der Waals surface area contributed by atoms with Crippen LogP contribution in [-0.4, -0.2) is 18.2 Å². The maximum atomic E-state index is 9.68. The van der Waals surface area contributed by atoms with Gasteiger partial charge in [0.2, 0.25) is 0 Å². The highest BCUT2D eigenvalue weighted by molar-refractivity contribution is 4.46. The minimum Gasteiger partial charge on any atom is -0.274 e. The average Bonchev–Trinajstić information content (AvgIpc) is 2.05. The van der Waals surface area contributed by atoms with Gasteiger partial charge in [-0.2, -0.15) is 0 Å². The Morgan fingerprint density at radius 2 is 1.82 bits per heavy atom. The molecule has 0 heterocycles. The standard InChI is InChI=1S/C3H7N5O3/c9-5-4-2-1-3-8(6-10)7-11/h1-3H2,(H,4,9). The van der Waals surface area contributed by atoms with Crippen LogP contribution in [0.3, 0.4) is 0 Å². The molecule has 8 nitrogen and oxygen atoms in total. The van der Waals surface area contributed by atoms with Crippen LogP contribution in [0, 0.1) is 14.7 Å². The molecular weight excluding hydrogens is 154 g/mol. The smallest absolute Gasteiger partial charge is 0.0777 e. The third kappa shape index (κ3) is 4.88. The molecule has 0 aromatic rings. The van der Waals surface area contributed by atoms with Crippen molar-refractivity contribution in [3.8, 4) is 0 Å². The fraction of sp³-hybridized carbons (Fsp3) is 1.00. The molecule has 0 bridgehead atoms. The highest BCUT2D eigenvalue weighted by Crippen LogP contribution is 1.90. The molecule has 0 radical (unpaired) electrons. The first-order valence-electron chi connectivity index (χ1n) is 2.84. The zero-order chi connectivity index (χ0) is 8.53. The average molecular weight is 161 g/mol. The quantitative estimate of drug-likeness (QED) is 0.328. The molecule has 0 rings (SSSR count). The molecule has 11 heavy (non-hydrogen) atoms. The Balaban J connectivity index is 3.27. The van der Waals surface area contributed by atoms with Gasteiger partial charge in [-0.05, 0) is 6.42 Å². The first kappa shape index (κ1) is 9.40. The first-order chi connectivity index (χ1) is 5.35. The maximum absolute atomic E-state index is 9.68. The van der Waals surface area contributed by atoms with Crippen molar-refractivity contribution in [2.45, 2.75) is 6.42 Å². The molecule has 0 unspecified atom stereocenters. The van der Waals surface area contributed by atoms with Crippen LogP contribution in [0.5, 0.6) is 0 Å². The summed E-state index contributed by atoms with van der Waals surface area (Å²) < 4.78 is 0. The van der Waals surface area contributed by atoms with Gasteiger partial charge in [0.1, 0.15) is 0 Å². The zero-order valence-electron chi connectivity index (χ0n) is 5.63. The lowest BCUT2D eigenvalue weighted by Crippen LogP contribution is -2.15. The summed E-state index contributed by atoms with van der Waals surface area (Å²) in [6.07, 6.45) is 0.392. The van der Waals surface area contributed by atoms with E-state index < -0.39 is 0 Å².